The van der Waals surface area contributed by atoms with Crippen LogP contribution in [0.2, 0.25) is 0 Å². The normalized spacial score (nSPS) is 16.0. The van der Waals surface area contributed by atoms with E-state index in [4.69, 9.17) is 14.2 Å². The molecule has 0 saturated carbocycles. The van der Waals surface area contributed by atoms with Crippen molar-refractivity contribution in [3.8, 4) is 17.2 Å². The third-order valence-electron chi connectivity index (χ3n) is 5.13. The number of ether oxygens (including phenoxy) is 3. The Bertz CT molecular complexity index is 892. The lowest BCUT2D eigenvalue weighted by atomic mass is 9.99. The molecule has 0 radical (unpaired) electrons. The predicted octanol–water partition coefficient (Wildman–Crippen LogP) is 3.51. The van der Waals surface area contributed by atoms with Crippen LogP contribution in [0.25, 0.3) is 0 Å². The van der Waals surface area contributed by atoms with Gasteiger partial charge in [-0.3, -0.25) is 9.59 Å². The summed E-state index contributed by atoms with van der Waals surface area (Å²) in [6.45, 7) is 2.45. The number of rotatable bonds is 6. The van der Waals surface area contributed by atoms with Gasteiger partial charge >= 0.3 is 0 Å². The average Bonchev–Trinajstić information content (AvgIpc) is 3.21. The molecule has 6 heteroatoms. The quantitative estimate of drug-likeness (QED) is 0.714. The first kappa shape index (κ1) is 19.7. The van der Waals surface area contributed by atoms with Crippen LogP contribution >= 0.6 is 0 Å². The maximum Gasteiger partial charge on any atom is 0.254 e. The predicted molar refractivity (Wildman–Crippen MR) is 106 cm³/mol. The van der Waals surface area contributed by atoms with Crippen molar-refractivity contribution in [3.05, 3.63) is 53.1 Å². The number of ketones is 1. The lowest BCUT2D eigenvalue weighted by Crippen LogP contribution is -2.40. The van der Waals surface area contributed by atoms with E-state index in [9.17, 15) is 9.59 Å². The Morgan fingerprint density at radius 1 is 0.893 bits per heavy atom. The molecule has 1 saturated heterocycles. The van der Waals surface area contributed by atoms with Gasteiger partial charge in [-0.15, -0.1) is 0 Å². The monoisotopic (exact) mass is 383 g/mol. The Balaban J connectivity index is 1.85. The number of hydrogen-bond donors (Lipinski definition) is 0. The number of hydrogen-bond acceptors (Lipinski definition) is 5. The molecule has 0 aromatic heterocycles. The lowest BCUT2D eigenvalue weighted by molar-refractivity contribution is 0.0671. The van der Waals surface area contributed by atoms with Gasteiger partial charge in [0.1, 0.15) is 5.75 Å². The fourth-order valence-corrected chi connectivity index (χ4v) is 3.64. The van der Waals surface area contributed by atoms with Crippen LogP contribution in [0.4, 0.5) is 0 Å². The van der Waals surface area contributed by atoms with Crippen LogP contribution in [0.5, 0.6) is 17.2 Å². The zero-order valence-electron chi connectivity index (χ0n) is 16.7. The number of carbonyl (C=O) groups excluding carboxylic acids is 2. The molecular weight excluding hydrogens is 358 g/mol. The molecule has 1 atom stereocenters. The maximum absolute atomic E-state index is 13.1. The Morgan fingerprint density at radius 3 is 2.18 bits per heavy atom. The number of methoxy groups -OCH3 is 3. The second-order valence-corrected chi connectivity index (χ2v) is 6.77. The highest BCUT2D eigenvalue weighted by Crippen LogP contribution is 2.30. The molecule has 1 aliphatic rings. The largest absolute Gasteiger partial charge is 0.496 e. The van der Waals surface area contributed by atoms with Crippen LogP contribution in [0.15, 0.2) is 36.4 Å². The molecule has 0 bridgehead atoms. The van der Waals surface area contributed by atoms with Gasteiger partial charge in [0.05, 0.1) is 27.4 Å². The van der Waals surface area contributed by atoms with E-state index in [1.807, 2.05) is 13.0 Å². The Morgan fingerprint density at radius 2 is 1.54 bits per heavy atom. The highest BCUT2D eigenvalue weighted by atomic mass is 16.5. The first-order chi connectivity index (χ1) is 13.5. The molecule has 2 aromatic carbocycles. The molecule has 2 aromatic rings. The minimum absolute atomic E-state index is 0.0444. The van der Waals surface area contributed by atoms with Gasteiger partial charge in [-0.2, -0.15) is 0 Å². The van der Waals surface area contributed by atoms with Crippen LogP contribution in [0, 0.1) is 6.92 Å². The number of likely N-dealkylation sites (tertiary alicyclic amines) is 1. The summed E-state index contributed by atoms with van der Waals surface area (Å²) in [4.78, 5) is 27.8. The minimum atomic E-state index is -0.464. The topological polar surface area (TPSA) is 65.1 Å². The third kappa shape index (κ3) is 3.67. The number of nitrogens with zero attached hydrogens (tertiary/aromatic N) is 1. The third-order valence-corrected chi connectivity index (χ3v) is 5.13. The molecule has 0 aliphatic carbocycles. The van der Waals surface area contributed by atoms with Crippen molar-refractivity contribution in [1.82, 2.24) is 4.90 Å². The van der Waals surface area contributed by atoms with Crippen molar-refractivity contribution >= 4 is 11.7 Å². The van der Waals surface area contributed by atoms with Gasteiger partial charge < -0.3 is 19.1 Å². The summed E-state index contributed by atoms with van der Waals surface area (Å²) in [5, 5.41) is 0. The highest BCUT2D eigenvalue weighted by Gasteiger charge is 2.35. The first-order valence-electron chi connectivity index (χ1n) is 9.22. The zero-order chi connectivity index (χ0) is 20.3. The van der Waals surface area contributed by atoms with Crippen molar-refractivity contribution in [3.63, 3.8) is 0 Å². The van der Waals surface area contributed by atoms with E-state index in [0.717, 1.165) is 17.7 Å². The van der Waals surface area contributed by atoms with E-state index >= 15 is 0 Å². The SMILES string of the molecule is COc1ccc(C(=O)C2CCCN2C(=O)c2ccc(OC)c(OC)c2)cc1C. The molecule has 1 fully saturated rings. The van der Waals surface area contributed by atoms with Crippen molar-refractivity contribution in [2.45, 2.75) is 25.8 Å². The molecule has 0 spiro atoms. The van der Waals surface area contributed by atoms with E-state index in [1.54, 1.807) is 49.5 Å². The first-order valence-corrected chi connectivity index (χ1v) is 9.22. The molecule has 1 amide bonds. The van der Waals surface area contributed by atoms with Crippen LogP contribution in [-0.4, -0.2) is 50.5 Å². The minimum Gasteiger partial charge on any atom is -0.496 e. The van der Waals surface area contributed by atoms with E-state index < -0.39 is 6.04 Å². The summed E-state index contributed by atoms with van der Waals surface area (Å²) in [7, 11) is 4.68. The number of benzene rings is 2. The maximum atomic E-state index is 13.1. The van der Waals surface area contributed by atoms with Crippen molar-refractivity contribution in [2.75, 3.05) is 27.9 Å². The van der Waals surface area contributed by atoms with Crippen LogP contribution in [0.3, 0.4) is 0 Å². The van der Waals surface area contributed by atoms with Crippen molar-refractivity contribution in [1.29, 1.82) is 0 Å². The summed E-state index contributed by atoms with van der Waals surface area (Å²) in [6, 6.07) is 9.95. The Labute approximate surface area is 165 Å². The van der Waals surface area contributed by atoms with Crippen molar-refractivity contribution in [2.24, 2.45) is 0 Å². The summed E-state index contributed by atoms with van der Waals surface area (Å²) in [5.74, 6) is 1.56. The molecule has 148 valence electrons. The molecule has 1 heterocycles. The second-order valence-electron chi connectivity index (χ2n) is 6.77. The van der Waals surface area contributed by atoms with Gasteiger partial charge in [0.25, 0.3) is 5.91 Å². The number of carbonyl (C=O) groups is 2. The smallest absolute Gasteiger partial charge is 0.254 e. The van der Waals surface area contributed by atoms with Gasteiger partial charge in [-0.25, -0.2) is 0 Å². The van der Waals surface area contributed by atoms with Gasteiger partial charge in [0, 0.05) is 17.7 Å². The molecule has 1 aliphatic heterocycles. The van der Waals surface area contributed by atoms with Crippen molar-refractivity contribution < 1.29 is 23.8 Å². The van der Waals surface area contributed by atoms with Crippen LogP contribution < -0.4 is 14.2 Å². The number of aryl methyl sites for hydroxylation is 1. The highest BCUT2D eigenvalue weighted by molar-refractivity contribution is 6.05. The van der Waals surface area contributed by atoms with E-state index in [2.05, 4.69) is 0 Å². The van der Waals surface area contributed by atoms with E-state index in [-0.39, 0.29) is 11.7 Å². The lowest BCUT2D eigenvalue weighted by Gasteiger charge is -2.24. The Hall–Kier alpha value is -3.02. The zero-order valence-corrected chi connectivity index (χ0v) is 16.7. The summed E-state index contributed by atoms with van der Waals surface area (Å²) in [5.41, 5.74) is 1.96. The molecule has 0 N–H and O–H groups in total. The standard InChI is InChI=1S/C22H25NO5/c1-14-12-15(7-9-18(14)26-2)21(24)17-6-5-11-23(17)22(25)16-8-10-19(27-3)20(13-16)28-4/h7-10,12-13,17H,5-6,11H2,1-4H3. The summed E-state index contributed by atoms with van der Waals surface area (Å²) >= 11 is 0. The van der Waals surface area contributed by atoms with E-state index in [1.165, 1.54) is 7.11 Å². The molecular formula is C22H25NO5. The molecule has 6 nitrogen and oxygen atoms in total. The van der Waals surface area contributed by atoms with Gasteiger partial charge in [0.2, 0.25) is 0 Å². The fourth-order valence-electron chi connectivity index (χ4n) is 3.64. The van der Waals surface area contributed by atoms with Gasteiger partial charge in [-0.1, -0.05) is 0 Å². The van der Waals surface area contributed by atoms with Gasteiger partial charge in [-0.05, 0) is 61.7 Å². The Kier molecular flexibility index (Phi) is 5.87. The fraction of sp³-hybridized carbons (Fsp3) is 0.364. The number of Topliss-reactive ketones (excluding diaryl/α,β-unsaturated/α-hetero) is 1. The molecule has 1 unspecified atom stereocenters. The average molecular weight is 383 g/mol. The molecule has 28 heavy (non-hydrogen) atoms. The molecule has 3 rings (SSSR count). The van der Waals surface area contributed by atoms with Gasteiger partial charge in [0.15, 0.2) is 17.3 Å². The summed E-state index contributed by atoms with van der Waals surface area (Å²) in [6.07, 6.45) is 1.45. The van der Waals surface area contributed by atoms with Crippen LogP contribution in [0.1, 0.15) is 39.1 Å². The van der Waals surface area contributed by atoms with Crippen LogP contribution in [-0.2, 0) is 0 Å². The number of amides is 1. The summed E-state index contributed by atoms with van der Waals surface area (Å²) < 4.78 is 15.8. The van der Waals surface area contributed by atoms with E-state index in [0.29, 0.717) is 35.6 Å². The second kappa shape index (κ2) is 8.33.